The molecule has 0 bridgehead atoms. The molecule has 1 nitrogen and oxygen atoms in total. The van der Waals surface area contributed by atoms with Gasteiger partial charge in [-0.05, 0) is 47.9 Å². The van der Waals surface area contributed by atoms with Crippen molar-refractivity contribution in [3.8, 4) is 23.0 Å². The summed E-state index contributed by atoms with van der Waals surface area (Å²) in [7, 11) is 1.91. The van der Waals surface area contributed by atoms with Crippen LogP contribution in [0.4, 0.5) is 0 Å². The largest absolute Gasteiger partial charge is 0.309 e. The summed E-state index contributed by atoms with van der Waals surface area (Å²) in [5, 5.41) is 3.03. The van der Waals surface area contributed by atoms with Gasteiger partial charge in [0.2, 0.25) is 0 Å². The summed E-state index contributed by atoms with van der Waals surface area (Å²) in [6.45, 7) is 0.733. The van der Waals surface area contributed by atoms with E-state index < -0.39 is 0 Å². The Labute approximate surface area is 108 Å². The van der Waals surface area contributed by atoms with Crippen molar-refractivity contribution in [3.63, 3.8) is 0 Å². The van der Waals surface area contributed by atoms with Crippen molar-refractivity contribution in [2.24, 2.45) is 0 Å². The Kier molecular flexibility index (Phi) is 2.88. The summed E-state index contributed by atoms with van der Waals surface area (Å²) in [4.78, 5) is 0. The van der Waals surface area contributed by atoms with Crippen LogP contribution >= 0.6 is 0 Å². The van der Waals surface area contributed by atoms with E-state index in [4.69, 9.17) is 0 Å². The fraction of sp³-hybridized carbons (Fsp3) is 0.176. The average Bonchev–Trinajstić information content (AvgIpc) is 2.76. The van der Waals surface area contributed by atoms with Gasteiger partial charge in [-0.15, -0.1) is 0 Å². The van der Waals surface area contributed by atoms with Crippen molar-refractivity contribution < 1.29 is 0 Å². The second-order valence-electron chi connectivity index (χ2n) is 4.54. The predicted octanol–water partition coefficient (Wildman–Crippen LogP) is 2.83. The van der Waals surface area contributed by atoms with Gasteiger partial charge < -0.3 is 5.32 Å². The molecule has 0 heterocycles. The SMILES string of the molecule is CNCC#Cc1ccc2c(c1)Cc1ccccc1-2. The summed E-state index contributed by atoms with van der Waals surface area (Å²) in [6, 6.07) is 15.2. The van der Waals surface area contributed by atoms with Gasteiger partial charge in [-0.25, -0.2) is 0 Å². The molecule has 0 saturated carbocycles. The second-order valence-corrected chi connectivity index (χ2v) is 4.54. The Bertz CT molecular complexity index is 644. The molecule has 0 unspecified atom stereocenters. The number of hydrogen-bond donors (Lipinski definition) is 1. The van der Waals surface area contributed by atoms with Crippen LogP contribution in [0.25, 0.3) is 11.1 Å². The van der Waals surface area contributed by atoms with E-state index in [0.717, 1.165) is 18.5 Å². The smallest absolute Gasteiger partial charge is 0.0577 e. The van der Waals surface area contributed by atoms with E-state index in [1.165, 1.54) is 22.3 Å². The molecule has 0 aliphatic heterocycles. The van der Waals surface area contributed by atoms with Gasteiger partial charge in [-0.3, -0.25) is 0 Å². The molecular formula is C17H15N. The zero-order valence-electron chi connectivity index (χ0n) is 10.5. The maximum absolute atomic E-state index is 3.19. The van der Waals surface area contributed by atoms with E-state index in [0.29, 0.717) is 0 Å². The van der Waals surface area contributed by atoms with Gasteiger partial charge in [0.15, 0.2) is 0 Å². The first-order valence-electron chi connectivity index (χ1n) is 6.23. The van der Waals surface area contributed by atoms with E-state index in [1.807, 2.05) is 7.05 Å². The topological polar surface area (TPSA) is 12.0 Å². The summed E-state index contributed by atoms with van der Waals surface area (Å²) in [5.74, 6) is 6.29. The van der Waals surface area contributed by atoms with Crippen LogP contribution in [0, 0.1) is 11.8 Å². The van der Waals surface area contributed by atoms with Crippen LogP contribution in [0.3, 0.4) is 0 Å². The molecule has 0 fully saturated rings. The van der Waals surface area contributed by atoms with Gasteiger partial charge in [-0.2, -0.15) is 0 Å². The predicted molar refractivity (Wildman–Crippen MR) is 75.5 cm³/mol. The lowest BCUT2D eigenvalue weighted by Gasteiger charge is -2.00. The van der Waals surface area contributed by atoms with Gasteiger partial charge in [0.05, 0.1) is 6.54 Å². The van der Waals surface area contributed by atoms with Crippen molar-refractivity contribution in [2.45, 2.75) is 6.42 Å². The highest BCUT2D eigenvalue weighted by atomic mass is 14.8. The monoisotopic (exact) mass is 233 g/mol. The minimum absolute atomic E-state index is 0.733. The molecule has 0 saturated heterocycles. The summed E-state index contributed by atoms with van der Waals surface area (Å²) in [6.07, 6.45) is 1.03. The number of hydrogen-bond acceptors (Lipinski definition) is 1. The van der Waals surface area contributed by atoms with Gasteiger partial charge >= 0.3 is 0 Å². The third kappa shape index (κ3) is 1.92. The minimum atomic E-state index is 0.733. The Morgan fingerprint density at radius 3 is 2.78 bits per heavy atom. The first-order chi connectivity index (χ1) is 8.88. The van der Waals surface area contributed by atoms with Crippen molar-refractivity contribution in [1.82, 2.24) is 5.32 Å². The maximum Gasteiger partial charge on any atom is 0.0577 e. The fourth-order valence-electron chi connectivity index (χ4n) is 2.46. The number of nitrogens with one attached hydrogen (secondary N) is 1. The lowest BCUT2D eigenvalue weighted by atomic mass is 10.0. The lowest BCUT2D eigenvalue weighted by Crippen LogP contribution is -2.04. The molecule has 1 aliphatic carbocycles. The van der Waals surface area contributed by atoms with E-state index in [-0.39, 0.29) is 0 Å². The zero-order chi connectivity index (χ0) is 12.4. The molecule has 18 heavy (non-hydrogen) atoms. The molecule has 1 heteroatoms. The van der Waals surface area contributed by atoms with Crippen molar-refractivity contribution in [3.05, 3.63) is 59.2 Å². The molecule has 3 rings (SSSR count). The van der Waals surface area contributed by atoms with E-state index >= 15 is 0 Å². The number of fused-ring (bicyclic) bond motifs is 3. The minimum Gasteiger partial charge on any atom is -0.309 e. The Morgan fingerprint density at radius 1 is 1.06 bits per heavy atom. The van der Waals surface area contributed by atoms with Gasteiger partial charge in [0.25, 0.3) is 0 Å². The highest BCUT2D eigenvalue weighted by molar-refractivity contribution is 5.77. The highest BCUT2D eigenvalue weighted by Gasteiger charge is 2.17. The van der Waals surface area contributed by atoms with Crippen molar-refractivity contribution in [2.75, 3.05) is 13.6 Å². The standard InChI is InChI=1S/C17H15N/c1-18-10-4-5-13-8-9-17-15(11-13)12-14-6-2-3-7-16(14)17/h2-3,6-9,11,18H,10,12H2,1H3. The second kappa shape index (κ2) is 4.68. The van der Waals surface area contributed by atoms with Crippen molar-refractivity contribution >= 4 is 0 Å². The third-order valence-electron chi connectivity index (χ3n) is 3.29. The molecule has 0 spiro atoms. The van der Waals surface area contributed by atoms with Crippen LogP contribution in [0.5, 0.6) is 0 Å². The Morgan fingerprint density at radius 2 is 1.89 bits per heavy atom. The quantitative estimate of drug-likeness (QED) is 0.637. The molecule has 0 atom stereocenters. The molecule has 0 amide bonds. The summed E-state index contributed by atoms with van der Waals surface area (Å²) < 4.78 is 0. The average molecular weight is 233 g/mol. The Hall–Kier alpha value is -2.04. The molecule has 0 aromatic heterocycles. The normalized spacial score (nSPS) is 11.4. The number of rotatable bonds is 1. The molecule has 1 aliphatic rings. The van der Waals surface area contributed by atoms with Gasteiger partial charge in [-0.1, -0.05) is 42.2 Å². The van der Waals surface area contributed by atoms with Crippen LogP contribution in [-0.2, 0) is 6.42 Å². The summed E-state index contributed by atoms with van der Waals surface area (Å²) >= 11 is 0. The lowest BCUT2D eigenvalue weighted by molar-refractivity contribution is 0.938. The van der Waals surface area contributed by atoms with Crippen LogP contribution < -0.4 is 5.32 Å². The first-order valence-corrected chi connectivity index (χ1v) is 6.23. The molecule has 88 valence electrons. The number of benzene rings is 2. The van der Waals surface area contributed by atoms with Crippen molar-refractivity contribution in [1.29, 1.82) is 0 Å². The van der Waals surface area contributed by atoms with Crippen LogP contribution in [-0.4, -0.2) is 13.6 Å². The molecule has 2 aromatic carbocycles. The van der Waals surface area contributed by atoms with E-state index in [1.54, 1.807) is 0 Å². The van der Waals surface area contributed by atoms with E-state index in [9.17, 15) is 0 Å². The maximum atomic E-state index is 3.19. The molecule has 2 aromatic rings. The first kappa shape index (κ1) is 11.1. The third-order valence-corrected chi connectivity index (χ3v) is 3.29. The van der Waals surface area contributed by atoms with Gasteiger partial charge in [0.1, 0.15) is 0 Å². The van der Waals surface area contributed by atoms with Crippen LogP contribution in [0.1, 0.15) is 16.7 Å². The van der Waals surface area contributed by atoms with Crippen LogP contribution in [0.2, 0.25) is 0 Å². The summed E-state index contributed by atoms with van der Waals surface area (Å²) in [5.41, 5.74) is 6.67. The molecule has 1 N–H and O–H groups in total. The zero-order valence-corrected chi connectivity index (χ0v) is 10.5. The van der Waals surface area contributed by atoms with E-state index in [2.05, 4.69) is 59.6 Å². The molecule has 0 radical (unpaired) electrons. The fourth-order valence-corrected chi connectivity index (χ4v) is 2.46. The Balaban J connectivity index is 1.97. The highest BCUT2D eigenvalue weighted by Crippen LogP contribution is 2.36. The van der Waals surface area contributed by atoms with Crippen LogP contribution in [0.15, 0.2) is 42.5 Å². The van der Waals surface area contributed by atoms with Gasteiger partial charge in [0, 0.05) is 5.56 Å². The molecular weight excluding hydrogens is 218 g/mol.